The number of aliphatic hydroxyl groups is 1. The first-order valence-corrected chi connectivity index (χ1v) is 10.1. The van der Waals surface area contributed by atoms with Crippen LogP contribution in [-0.4, -0.2) is 23.9 Å². The van der Waals surface area contributed by atoms with Gasteiger partial charge in [0.25, 0.3) is 11.7 Å². The summed E-state index contributed by atoms with van der Waals surface area (Å²) in [4.78, 5) is 27.6. The lowest BCUT2D eigenvalue weighted by Crippen LogP contribution is -2.29. The highest BCUT2D eigenvalue weighted by Gasteiger charge is 2.47. The van der Waals surface area contributed by atoms with Gasteiger partial charge in [0.2, 0.25) is 0 Å². The van der Waals surface area contributed by atoms with E-state index in [0.29, 0.717) is 27.6 Å². The van der Waals surface area contributed by atoms with Crippen LogP contribution >= 0.6 is 11.6 Å². The van der Waals surface area contributed by atoms with Crippen LogP contribution in [0.2, 0.25) is 5.02 Å². The molecule has 31 heavy (non-hydrogen) atoms. The second-order valence-corrected chi connectivity index (χ2v) is 7.65. The molecule has 1 atom stereocenters. The van der Waals surface area contributed by atoms with E-state index in [1.807, 2.05) is 13.0 Å². The van der Waals surface area contributed by atoms with Crippen molar-refractivity contribution in [1.82, 2.24) is 0 Å². The number of aliphatic hydroxyl groups excluding tert-OH is 1. The number of rotatable bonds is 4. The van der Waals surface area contributed by atoms with E-state index in [1.165, 1.54) is 4.90 Å². The highest BCUT2D eigenvalue weighted by atomic mass is 35.5. The van der Waals surface area contributed by atoms with E-state index in [9.17, 15) is 14.7 Å². The summed E-state index contributed by atoms with van der Waals surface area (Å²) in [5.41, 5.74) is 2.42. The molecule has 1 N–H and O–H groups in total. The van der Waals surface area contributed by atoms with Crippen molar-refractivity contribution in [1.29, 1.82) is 0 Å². The maximum Gasteiger partial charge on any atom is 0.300 e. The third kappa shape index (κ3) is 3.68. The number of nitrogens with zero attached hydrogens (tertiary/aromatic N) is 1. The topological polar surface area (TPSA) is 66.8 Å². The number of anilines is 1. The molecule has 0 spiro atoms. The molecule has 1 heterocycles. The number of Topliss-reactive ketones (excluding diaryl/α,β-unsaturated/α-hetero) is 1. The Morgan fingerprint density at radius 2 is 1.74 bits per heavy atom. The first-order chi connectivity index (χ1) is 14.9. The van der Waals surface area contributed by atoms with Crippen LogP contribution in [0.15, 0.2) is 78.4 Å². The van der Waals surface area contributed by atoms with Crippen LogP contribution in [0, 0.1) is 6.92 Å². The zero-order chi connectivity index (χ0) is 22.1. The summed E-state index contributed by atoms with van der Waals surface area (Å²) in [5.74, 6) is -1.15. The fourth-order valence-corrected chi connectivity index (χ4v) is 3.88. The predicted octanol–water partition coefficient (Wildman–Crippen LogP) is 5.28. The summed E-state index contributed by atoms with van der Waals surface area (Å²) in [5, 5.41) is 11.5. The molecule has 1 fully saturated rings. The van der Waals surface area contributed by atoms with Crippen molar-refractivity contribution >= 4 is 34.7 Å². The summed E-state index contributed by atoms with van der Waals surface area (Å²) in [6.07, 6.45) is 0. The van der Waals surface area contributed by atoms with Crippen molar-refractivity contribution in [3.63, 3.8) is 0 Å². The number of carbonyl (C=O) groups excluding carboxylic acids is 2. The Balaban J connectivity index is 1.97. The number of hydrogen-bond acceptors (Lipinski definition) is 4. The molecule has 3 aromatic rings. The van der Waals surface area contributed by atoms with Gasteiger partial charge in [-0.2, -0.15) is 0 Å². The number of methoxy groups -OCH3 is 1. The zero-order valence-electron chi connectivity index (χ0n) is 17.0. The first kappa shape index (κ1) is 20.7. The smallest absolute Gasteiger partial charge is 0.300 e. The molecule has 0 saturated carbocycles. The standard InChI is InChI=1S/C25H20ClNO4/c1-15-11-12-18(14-20(15)26)27-22(17-9-6-10-19(13-17)31-2)21(24(29)25(27)30)23(28)16-7-4-3-5-8-16/h3-14,22,28H,1-2H3/b23-21-. The molecule has 1 unspecified atom stereocenters. The van der Waals surface area contributed by atoms with Gasteiger partial charge in [-0.25, -0.2) is 0 Å². The van der Waals surface area contributed by atoms with Crippen LogP contribution in [0.5, 0.6) is 5.75 Å². The van der Waals surface area contributed by atoms with E-state index >= 15 is 0 Å². The van der Waals surface area contributed by atoms with E-state index in [0.717, 1.165) is 5.56 Å². The SMILES string of the molecule is COc1cccc(C2/C(=C(/O)c3ccccc3)C(=O)C(=O)N2c2ccc(C)c(Cl)c2)c1. The Kier molecular flexibility index (Phi) is 5.53. The van der Waals surface area contributed by atoms with Crippen LogP contribution in [-0.2, 0) is 9.59 Å². The number of amides is 1. The Morgan fingerprint density at radius 1 is 1.00 bits per heavy atom. The third-order valence-electron chi connectivity index (χ3n) is 5.33. The fraction of sp³-hybridized carbons (Fsp3) is 0.120. The number of carbonyl (C=O) groups is 2. The Morgan fingerprint density at radius 3 is 2.42 bits per heavy atom. The van der Waals surface area contributed by atoms with Crippen molar-refractivity contribution in [3.05, 3.63) is 100 Å². The number of ketones is 1. The molecule has 1 saturated heterocycles. The molecule has 5 nitrogen and oxygen atoms in total. The van der Waals surface area contributed by atoms with E-state index in [2.05, 4.69) is 0 Å². The number of aryl methyl sites for hydroxylation is 1. The van der Waals surface area contributed by atoms with Gasteiger partial charge in [0.05, 0.1) is 18.7 Å². The third-order valence-corrected chi connectivity index (χ3v) is 5.74. The highest BCUT2D eigenvalue weighted by Crippen LogP contribution is 2.43. The molecule has 156 valence electrons. The first-order valence-electron chi connectivity index (χ1n) is 9.69. The summed E-state index contributed by atoms with van der Waals surface area (Å²) in [6, 6.07) is 20.1. The van der Waals surface area contributed by atoms with E-state index in [-0.39, 0.29) is 11.3 Å². The van der Waals surface area contributed by atoms with Crippen molar-refractivity contribution in [3.8, 4) is 5.75 Å². The van der Waals surface area contributed by atoms with Crippen molar-refractivity contribution < 1.29 is 19.4 Å². The van der Waals surface area contributed by atoms with Gasteiger partial charge in [0, 0.05) is 16.3 Å². The van der Waals surface area contributed by atoms with Gasteiger partial charge in [-0.1, -0.05) is 60.1 Å². The lowest BCUT2D eigenvalue weighted by molar-refractivity contribution is -0.132. The normalized spacial score (nSPS) is 17.8. The quantitative estimate of drug-likeness (QED) is 0.345. The molecule has 1 aliphatic rings. The van der Waals surface area contributed by atoms with Gasteiger partial charge in [-0.15, -0.1) is 0 Å². The lowest BCUT2D eigenvalue weighted by Gasteiger charge is -2.26. The second kappa shape index (κ2) is 8.28. The van der Waals surface area contributed by atoms with Crippen LogP contribution in [0.3, 0.4) is 0 Å². The molecule has 0 bridgehead atoms. The fourth-order valence-electron chi connectivity index (χ4n) is 3.71. The summed E-state index contributed by atoms with van der Waals surface area (Å²) in [7, 11) is 1.54. The second-order valence-electron chi connectivity index (χ2n) is 7.25. The molecular formula is C25H20ClNO4. The molecule has 0 radical (unpaired) electrons. The predicted molar refractivity (Wildman–Crippen MR) is 120 cm³/mol. The minimum Gasteiger partial charge on any atom is -0.507 e. The van der Waals surface area contributed by atoms with Gasteiger partial charge in [0.15, 0.2) is 0 Å². The number of hydrogen-bond donors (Lipinski definition) is 1. The minimum atomic E-state index is -0.839. The lowest BCUT2D eigenvalue weighted by atomic mass is 9.95. The van der Waals surface area contributed by atoms with Crippen molar-refractivity contribution in [2.24, 2.45) is 0 Å². The van der Waals surface area contributed by atoms with Crippen LogP contribution < -0.4 is 9.64 Å². The molecule has 1 aliphatic heterocycles. The number of ether oxygens (including phenoxy) is 1. The van der Waals surface area contributed by atoms with Gasteiger partial charge in [-0.05, 0) is 42.3 Å². The molecule has 1 amide bonds. The summed E-state index contributed by atoms with van der Waals surface area (Å²) in [6.45, 7) is 1.86. The molecular weight excluding hydrogens is 414 g/mol. The van der Waals surface area contributed by atoms with E-state index in [1.54, 1.807) is 73.8 Å². The van der Waals surface area contributed by atoms with Crippen LogP contribution in [0.4, 0.5) is 5.69 Å². The highest BCUT2D eigenvalue weighted by molar-refractivity contribution is 6.51. The minimum absolute atomic E-state index is 0.0150. The van der Waals surface area contributed by atoms with Crippen molar-refractivity contribution in [2.75, 3.05) is 12.0 Å². The maximum atomic E-state index is 13.1. The Hall–Kier alpha value is -3.57. The van der Waals surface area contributed by atoms with Gasteiger partial charge in [-0.3, -0.25) is 14.5 Å². The maximum absolute atomic E-state index is 13.1. The Bertz CT molecular complexity index is 1200. The number of benzene rings is 3. The molecule has 4 rings (SSSR count). The zero-order valence-corrected chi connectivity index (χ0v) is 17.8. The molecule has 0 aliphatic carbocycles. The van der Waals surface area contributed by atoms with E-state index < -0.39 is 17.7 Å². The number of halogens is 1. The van der Waals surface area contributed by atoms with Gasteiger partial charge < -0.3 is 9.84 Å². The monoisotopic (exact) mass is 433 g/mol. The van der Waals surface area contributed by atoms with Crippen molar-refractivity contribution in [2.45, 2.75) is 13.0 Å². The molecule has 0 aromatic heterocycles. The van der Waals surface area contributed by atoms with Crippen LogP contribution in [0.25, 0.3) is 5.76 Å². The molecule has 6 heteroatoms. The van der Waals surface area contributed by atoms with E-state index in [4.69, 9.17) is 16.3 Å². The molecule has 3 aromatic carbocycles. The largest absolute Gasteiger partial charge is 0.507 e. The average Bonchev–Trinajstić information content (AvgIpc) is 3.06. The van der Waals surface area contributed by atoms with Crippen LogP contribution in [0.1, 0.15) is 22.7 Å². The summed E-state index contributed by atoms with van der Waals surface area (Å²) >= 11 is 6.31. The van der Waals surface area contributed by atoms with Gasteiger partial charge >= 0.3 is 0 Å². The van der Waals surface area contributed by atoms with Gasteiger partial charge in [0.1, 0.15) is 11.5 Å². The Labute approximate surface area is 185 Å². The average molecular weight is 434 g/mol. The summed E-state index contributed by atoms with van der Waals surface area (Å²) < 4.78 is 5.34.